The maximum absolute atomic E-state index is 12.9. The average molecular weight is 313 g/mol. The molecule has 1 aromatic carbocycles. The van der Waals surface area contributed by atoms with Crippen LogP contribution in [0.2, 0.25) is 0 Å². The number of para-hydroxylation sites is 1. The highest BCUT2D eigenvalue weighted by Crippen LogP contribution is 2.37. The number of hydrogen-bond acceptors (Lipinski definition) is 4. The van der Waals surface area contributed by atoms with Crippen LogP contribution in [0.25, 0.3) is 11.1 Å². The van der Waals surface area contributed by atoms with Gasteiger partial charge < -0.3 is 14.0 Å². The molecule has 0 aliphatic carbocycles. The second-order valence-corrected chi connectivity index (χ2v) is 5.58. The highest BCUT2D eigenvalue weighted by molar-refractivity contribution is 5.96. The lowest BCUT2D eigenvalue weighted by Crippen LogP contribution is -2.23. The molecule has 1 aromatic heterocycles. The van der Waals surface area contributed by atoms with E-state index in [0.717, 1.165) is 18.5 Å². The van der Waals surface area contributed by atoms with Gasteiger partial charge in [-0.2, -0.15) is 0 Å². The van der Waals surface area contributed by atoms with Crippen LogP contribution in [0.5, 0.6) is 11.5 Å². The Hall–Kier alpha value is -2.56. The molecule has 2 heterocycles. The number of methoxy groups -OCH3 is 2. The summed E-state index contributed by atoms with van der Waals surface area (Å²) in [6, 6.07) is 7.09. The highest BCUT2D eigenvalue weighted by atomic mass is 16.5. The summed E-state index contributed by atoms with van der Waals surface area (Å²) in [7, 11) is 3.09. The van der Waals surface area contributed by atoms with E-state index in [4.69, 9.17) is 9.47 Å². The van der Waals surface area contributed by atoms with Crippen LogP contribution in [-0.2, 0) is 13.0 Å². The minimum atomic E-state index is -0.0888. The van der Waals surface area contributed by atoms with Crippen molar-refractivity contribution in [2.75, 3.05) is 14.2 Å². The Kier molecular flexibility index (Phi) is 3.94. The predicted molar refractivity (Wildman–Crippen MR) is 87.6 cm³/mol. The third kappa shape index (κ3) is 2.42. The molecule has 23 heavy (non-hydrogen) atoms. The lowest BCUT2D eigenvalue weighted by Gasteiger charge is -2.15. The van der Waals surface area contributed by atoms with E-state index in [2.05, 4.69) is 0 Å². The fourth-order valence-electron chi connectivity index (χ4n) is 3.21. The van der Waals surface area contributed by atoms with Gasteiger partial charge in [-0.05, 0) is 31.9 Å². The second-order valence-electron chi connectivity index (χ2n) is 5.58. The van der Waals surface area contributed by atoms with Crippen molar-refractivity contribution in [2.45, 2.75) is 26.3 Å². The van der Waals surface area contributed by atoms with Gasteiger partial charge in [0.2, 0.25) is 0 Å². The van der Waals surface area contributed by atoms with Gasteiger partial charge in [0, 0.05) is 23.4 Å². The van der Waals surface area contributed by atoms with Crippen LogP contribution in [0, 0.1) is 0 Å². The Bertz CT molecular complexity index is 836. The molecule has 2 aromatic rings. The molecular weight excluding hydrogens is 294 g/mol. The van der Waals surface area contributed by atoms with Gasteiger partial charge in [-0.25, -0.2) is 0 Å². The van der Waals surface area contributed by atoms with Gasteiger partial charge in [0.1, 0.15) is 0 Å². The van der Waals surface area contributed by atoms with Crippen LogP contribution in [0.4, 0.5) is 0 Å². The van der Waals surface area contributed by atoms with E-state index in [1.54, 1.807) is 23.8 Å². The van der Waals surface area contributed by atoms with E-state index in [1.807, 2.05) is 12.1 Å². The van der Waals surface area contributed by atoms with E-state index in [9.17, 15) is 9.59 Å². The smallest absolute Gasteiger partial charge is 0.258 e. The van der Waals surface area contributed by atoms with Crippen molar-refractivity contribution >= 4 is 5.78 Å². The highest BCUT2D eigenvalue weighted by Gasteiger charge is 2.23. The van der Waals surface area contributed by atoms with Crippen molar-refractivity contribution in [3.8, 4) is 22.6 Å². The van der Waals surface area contributed by atoms with Crippen molar-refractivity contribution in [3.05, 3.63) is 45.9 Å². The lowest BCUT2D eigenvalue weighted by molar-refractivity contribution is 0.101. The molecule has 0 spiro atoms. The number of pyridine rings is 1. The van der Waals surface area contributed by atoms with Gasteiger partial charge in [0.25, 0.3) is 5.56 Å². The number of Topliss-reactive ketones (excluding diaryl/α,β-unsaturated/α-hetero) is 1. The summed E-state index contributed by atoms with van der Waals surface area (Å²) in [5.41, 5.74) is 2.47. The van der Waals surface area contributed by atoms with Gasteiger partial charge >= 0.3 is 0 Å². The second kappa shape index (κ2) is 5.91. The largest absolute Gasteiger partial charge is 0.493 e. The molecular formula is C18H19NO4. The fourth-order valence-corrected chi connectivity index (χ4v) is 3.21. The molecule has 0 unspecified atom stereocenters. The van der Waals surface area contributed by atoms with E-state index in [0.29, 0.717) is 34.7 Å². The van der Waals surface area contributed by atoms with Crippen LogP contribution in [0.3, 0.4) is 0 Å². The molecule has 1 aliphatic heterocycles. The number of ether oxygens (including phenoxy) is 2. The van der Waals surface area contributed by atoms with Crippen LogP contribution < -0.4 is 15.0 Å². The van der Waals surface area contributed by atoms with Crippen molar-refractivity contribution < 1.29 is 14.3 Å². The number of hydrogen-bond donors (Lipinski definition) is 0. The maximum atomic E-state index is 12.9. The first-order chi connectivity index (χ1) is 11.1. The van der Waals surface area contributed by atoms with Crippen LogP contribution in [0.15, 0.2) is 29.1 Å². The number of benzene rings is 1. The van der Waals surface area contributed by atoms with Gasteiger partial charge in [0.05, 0.1) is 19.8 Å². The number of aromatic nitrogens is 1. The third-order valence-corrected chi connectivity index (χ3v) is 4.27. The minimum absolute atomic E-state index is 0.0289. The van der Waals surface area contributed by atoms with Gasteiger partial charge in [-0.3, -0.25) is 9.59 Å². The zero-order valence-electron chi connectivity index (χ0n) is 13.5. The molecule has 0 saturated carbocycles. The first kappa shape index (κ1) is 15.3. The van der Waals surface area contributed by atoms with E-state index in [1.165, 1.54) is 14.0 Å². The normalized spacial score (nSPS) is 12.8. The monoisotopic (exact) mass is 313 g/mol. The number of fused-ring (bicyclic) bond motifs is 1. The molecule has 0 N–H and O–H groups in total. The number of ketones is 1. The molecule has 3 rings (SSSR count). The first-order valence-corrected chi connectivity index (χ1v) is 7.57. The molecule has 0 fully saturated rings. The average Bonchev–Trinajstić information content (AvgIpc) is 3.04. The Morgan fingerprint density at radius 3 is 2.61 bits per heavy atom. The summed E-state index contributed by atoms with van der Waals surface area (Å²) in [6.07, 6.45) is 1.65. The quantitative estimate of drug-likeness (QED) is 0.814. The van der Waals surface area contributed by atoms with Crippen molar-refractivity contribution in [1.29, 1.82) is 0 Å². The summed E-state index contributed by atoms with van der Waals surface area (Å²) >= 11 is 0. The van der Waals surface area contributed by atoms with Gasteiger partial charge in [-0.15, -0.1) is 0 Å². The summed E-state index contributed by atoms with van der Waals surface area (Å²) in [6.45, 7) is 2.18. The summed E-state index contributed by atoms with van der Waals surface area (Å²) < 4.78 is 12.5. The number of nitrogens with zero attached hydrogens (tertiary/aromatic N) is 1. The number of rotatable bonds is 4. The van der Waals surface area contributed by atoms with Crippen LogP contribution in [0.1, 0.15) is 29.4 Å². The van der Waals surface area contributed by atoms with Crippen LogP contribution >= 0.6 is 0 Å². The Labute approximate surface area is 134 Å². The first-order valence-electron chi connectivity index (χ1n) is 7.57. The number of carbonyl (C=O) groups is 1. The van der Waals surface area contributed by atoms with E-state index < -0.39 is 0 Å². The molecule has 1 aliphatic rings. The molecule has 5 heteroatoms. The fraction of sp³-hybridized carbons (Fsp3) is 0.333. The molecule has 0 saturated heterocycles. The van der Waals surface area contributed by atoms with Crippen molar-refractivity contribution in [3.63, 3.8) is 0 Å². The van der Waals surface area contributed by atoms with E-state index >= 15 is 0 Å². The lowest BCUT2D eigenvalue weighted by atomic mass is 10.00. The summed E-state index contributed by atoms with van der Waals surface area (Å²) in [5.74, 6) is 1.03. The van der Waals surface area contributed by atoms with Crippen LogP contribution in [-0.4, -0.2) is 24.6 Å². The number of carbonyl (C=O) groups excluding carboxylic acids is 1. The zero-order chi connectivity index (χ0) is 16.6. The van der Waals surface area contributed by atoms with Gasteiger partial charge in [0.15, 0.2) is 17.3 Å². The molecule has 120 valence electrons. The minimum Gasteiger partial charge on any atom is -0.493 e. The Morgan fingerprint density at radius 2 is 1.96 bits per heavy atom. The zero-order valence-corrected chi connectivity index (χ0v) is 13.5. The topological polar surface area (TPSA) is 57.5 Å². The molecule has 0 radical (unpaired) electrons. The van der Waals surface area contributed by atoms with Gasteiger partial charge in [-0.1, -0.05) is 12.1 Å². The molecule has 0 amide bonds. The van der Waals surface area contributed by atoms with E-state index in [-0.39, 0.29) is 11.3 Å². The standard InChI is InChI=1S/C18H19NO4/c1-11(20)13-10-14(18(21)19-9-5-7-15(13)19)12-6-4-8-16(22-2)17(12)23-3/h4,6,8,10H,5,7,9H2,1-3H3. The van der Waals surface area contributed by atoms with Crippen molar-refractivity contribution in [2.24, 2.45) is 0 Å². The maximum Gasteiger partial charge on any atom is 0.258 e. The predicted octanol–water partition coefficient (Wildman–Crippen LogP) is 2.68. The van der Waals surface area contributed by atoms with Crippen molar-refractivity contribution in [1.82, 2.24) is 4.57 Å². The molecule has 0 bridgehead atoms. The summed E-state index contributed by atoms with van der Waals surface area (Å²) in [5, 5.41) is 0. The Balaban J connectivity index is 2.32. The Morgan fingerprint density at radius 1 is 1.17 bits per heavy atom. The molecule has 5 nitrogen and oxygen atoms in total. The SMILES string of the molecule is COc1cccc(-c2cc(C(C)=O)c3n(c2=O)CCC3)c1OC. The third-order valence-electron chi connectivity index (χ3n) is 4.27. The summed E-state index contributed by atoms with van der Waals surface area (Å²) in [4.78, 5) is 24.9. The molecule has 0 atom stereocenters.